The maximum absolute atomic E-state index is 12.0. The number of carboxylic acid groups (broad SMARTS) is 1. The van der Waals surface area contributed by atoms with Crippen LogP contribution in [0.5, 0.6) is 0 Å². The molecule has 1 aliphatic rings. The highest BCUT2D eigenvalue weighted by Crippen LogP contribution is 2.25. The van der Waals surface area contributed by atoms with Crippen LogP contribution in [0.2, 0.25) is 0 Å². The van der Waals surface area contributed by atoms with Crippen LogP contribution < -0.4 is 0 Å². The number of aliphatic carboxylic acids is 1. The summed E-state index contributed by atoms with van der Waals surface area (Å²) in [5, 5.41) is 8.73. The van der Waals surface area contributed by atoms with Gasteiger partial charge in [0, 0.05) is 6.61 Å². The van der Waals surface area contributed by atoms with E-state index in [1.807, 2.05) is 0 Å². The zero-order valence-electron chi connectivity index (χ0n) is 6.83. The summed E-state index contributed by atoms with van der Waals surface area (Å²) in [5.74, 6) is -1.41. The molecule has 1 heterocycles. The zero-order chi connectivity index (χ0) is 8.97. The molecule has 1 N–H and O–H groups in total. The van der Waals surface area contributed by atoms with Gasteiger partial charge in [0.25, 0.3) is 0 Å². The van der Waals surface area contributed by atoms with E-state index in [0.29, 0.717) is 19.4 Å². The van der Waals surface area contributed by atoms with Crippen LogP contribution in [-0.2, 0) is 9.53 Å². The maximum Gasteiger partial charge on any atom is 0.309 e. The van der Waals surface area contributed by atoms with Crippen molar-refractivity contribution in [3.63, 3.8) is 0 Å². The summed E-state index contributed by atoms with van der Waals surface area (Å²) in [5.41, 5.74) is 0. The van der Waals surface area contributed by atoms with E-state index in [1.165, 1.54) is 0 Å². The standard InChI is InChI=1S/C8H13FO3/c9-3-1-6-2-4-12-5-7(6)8(10)11/h6-7H,1-5H2,(H,10,11). The van der Waals surface area contributed by atoms with Gasteiger partial charge in [-0.1, -0.05) is 0 Å². The summed E-state index contributed by atoms with van der Waals surface area (Å²) in [6.07, 6.45) is 1.02. The minimum Gasteiger partial charge on any atom is -0.481 e. The van der Waals surface area contributed by atoms with Crippen LogP contribution in [0.25, 0.3) is 0 Å². The Morgan fingerprint density at radius 3 is 3.00 bits per heavy atom. The highest BCUT2D eigenvalue weighted by Gasteiger charge is 2.30. The molecular weight excluding hydrogens is 163 g/mol. The molecule has 70 valence electrons. The van der Waals surface area contributed by atoms with Gasteiger partial charge in [0.05, 0.1) is 19.2 Å². The summed E-state index contributed by atoms with van der Waals surface area (Å²) < 4.78 is 17.0. The van der Waals surface area contributed by atoms with E-state index in [9.17, 15) is 9.18 Å². The average Bonchev–Trinajstić information content (AvgIpc) is 2.05. The van der Waals surface area contributed by atoms with E-state index < -0.39 is 18.6 Å². The van der Waals surface area contributed by atoms with Gasteiger partial charge in [-0.25, -0.2) is 0 Å². The number of halogens is 1. The first-order chi connectivity index (χ1) is 5.75. The third-order valence-electron chi connectivity index (χ3n) is 2.30. The molecule has 0 aromatic heterocycles. The van der Waals surface area contributed by atoms with Crippen LogP contribution >= 0.6 is 0 Å². The van der Waals surface area contributed by atoms with Crippen LogP contribution in [0.3, 0.4) is 0 Å². The van der Waals surface area contributed by atoms with E-state index in [4.69, 9.17) is 9.84 Å². The van der Waals surface area contributed by atoms with Gasteiger partial charge in [0.1, 0.15) is 0 Å². The summed E-state index contributed by atoms with van der Waals surface area (Å²) in [6, 6.07) is 0. The third kappa shape index (κ3) is 2.17. The van der Waals surface area contributed by atoms with Crippen molar-refractivity contribution in [3.8, 4) is 0 Å². The second-order valence-electron chi connectivity index (χ2n) is 3.05. The fraction of sp³-hybridized carbons (Fsp3) is 0.875. The number of ether oxygens (including phenoxy) is 1. The van der Waals surface area contributed by atoms with Crippen LogP contribution in [0.1, 0.15) is 12.8 Å². The van der Waals surface area contributed by atoms with E-state index in [1.54, 1.807) is 0 Å². The Morgan fingerprint density at radius 1 is 1.67 bits per heavy atom. The fourth-order valence-corrected chi connectivity index (χ4v) is 1.54. The van der Waals surface area contributed by atoms with Gasteiger partial charge in [0.15, 0.2) is 0 Å². The largest absolute Gasteiger partial charge is 0.481 e. The lowest BCUT2D eigenvalue weighted by Gasteiger charge is -2.27. The Bertz CT molecular complexity index is 158. The minimum atomic E-state index is -0.867. The second kappa shape index (κ2) is 4.40. The molecule has 0 aromatic rings. The molecule has 4 heteroatoms. The number of carboxylic acids is 1. The molecule has 0 bridgehead atoms. The lowest BCUT2D eigenvalue weighted by Crippen LogP contribution is -2.33. The molecule has 0 aliphatic carbocycles. The highest BCUT2D eigenvalue weighted by atomic mass is 19.1. The quantitative estimate of drug-likeness (QED) is 0.700. The molecule has 0 radical (unpaired) electrons. The highest BCUT2D eigenvalue weighted by molar-refractivity contribution is 5.70. The Balaban J connectivity index is 2.48. The molecule has 0 spiro atoms. The summed E-state index contributed by atoms with van der Waals surface area (Å²) in [7, 11) is 0. The van der Waals surface area contributed by atoms with Crippen molar-refractivity contribution >= 4 is 5.97 Å². The molecule has 0 saturated carbocycles. The number of hydrogen-bond acceptors (Lipinski definition) is 2. The van der Waals surface area contributed by atoms with Crippen LogP contribution in [-0.4, -0.2) is 31.0 Å². The van der Waals surface area contributed by atoms with Crippen molar-refractivity contribution in [2.24, 2.45) is 11.8 Å². The van der Waals surface area contributed by atoms with Crippen molar-refractivity contribution < 1.29 is 19.0 Å². The molecule has 2 unspecified atom stereocenters. The lowest BCUT2D eigenvalue weighted by atomic mass is 9.86. The lowest BCUT2D eigenvalue weighted by molar-refractivity contribution is -0.149. The third-order valence-corrected chi connectivity index (χ3v) is 2.30. The van der Waals surface area contributed by atoms with Crippen LogP contribution in [0.4, 0.5) is 4.39 Å². The number of hydrogen-bond donors (Lipinski definition) is 1. The number of carbonyl (C=O) groups is 1. The predicted octanol–water partition coefficient (Wildman–Crippen LogP) is 1.08. The van der Waals surface area contributed by atoms with Crippen molar-refractivity contribution in [2.45, 2.75) is 12.8 Å². The van der Waals surface area contributed by atoms with Gasteiger partial charge >= 0.3 is 5.97 Å². The predicted molar refractivity (Wildman–Crippen MR) is 40.6 cm³/mol. The zero-order valence-corrected chi connectivity index (χ0v) is 6.83. The number of alkyl halides is 1. The van der Waals surface area contributed by atoms with Crippen molar-refractivity contribution in [2.75, 3.05) is 19.9 Å². The monoisotopic (exact) mass is 176 g/mol. The molecule has 1 rings (SSSR count). The maximum atomic E-state index is 12.0. The Labute approximate surface area is 70.5 Å². The first kappa shape index (κ1) is 9.45. The molecule has 2 atom stereocenters. The van der Waals surface area contributed by atoms with Gasteiger partial charge in [0.2, 0.25) is 0 Å². The topological polar surface area (TPSA) is 46.5 Å². The Kier molecular flexibility index (Phi) is 3.47. The molecule has 1 fully saturated rings. The van der Waals surface area contributed by atoms with E-state index in [0.717, 1.165) is 0 Å². The smallest absolute Gasteiger partial charge is 0.309 e. The fourth-order valence-electron chi connectivity index (χ4n) is 1.54. The normalized spacial score (nSPS) is 30.1. The molecular formula is C8H13FO3. The summed E-state index contributed by atoms with van der Waals surface area (Å²) in [6.45, 7) is 0.364. The molecule has 1 aliphatic heterocycles. The first-order valence-electron chi connectivity index (χ1n) is 4.12. The van der Waals surface area contributed by atoms with Gasteiger partial charge < -0.3 is 9.84 Å². The van der Waals surface area contributed by atoms with Crippen molar-refractivity contribution in [3.05, 3.63) is 0 Å². The molecule has 0 aromatic carbocycles. The Hall–Kier alpha value is -0.640. The second-order valence-corrected chi connectivity index (χ2v) is 3.05. The van der Waals surface area contributed by atoms with Crippen molar-refractivity contribution in [1.82, 2.24) is 0 Å². The summed E-state index contributed by atoms with van der Waals surface area (Å²) >= 11 is 0. The van der Waals surface area contributed by atoms with E-state index in [2.05, 4.69) is 0 Å². The van der Waals surface area contributed by atoms with Gasteiger partial charge in [-0.15, -0.1) is 0 Å². The molecule has 12 heavy (non-hydrogen) atoms. The van der Waals surface area contributed by atoms with Gasteiger partial charge in [-0.2, -0.15) is 0 Å². The van der Waals surface area contributed by atoms with Gasteiger partial charge in [-0.3, -0.25) is 9.18 Å². The minimum absolute atomic E-state index is 0.0405. The van der Waals surface area contributed by atoms with Crippen molar-refractivity contribution in [1.29, 1.82) is 0 Å². The van der Waals surface area contributed by atoms with Gasteiger partial charge in [-0.05, 0) is 18.8 Å². The number of rotatable bonds is 3. The summed E-state index contributed by atoms with van der Waals surface area (Å²) in [4.78, 5) is 10.6. The van der Waals surface area contributed by atoms with Crippen LogP contribution in [0.15, 0.2) is 0 Å². The van der Waals surface area contributed by atoms with E-state index in [-0.39, 0.29) is 12.5 Å². The van der Waals surface area contributed by atoms with Crippen LogP contribution in [0, 0.1) is 11.8 Å². The molecule has 0 amide bonds. The molecule has 3 nitrogen and oxygen atoms in total. The molecule has 1 saturated heterocycles. The SMILES string of the molecule is O=C(O)C1COCCC1CCF. The average molecular weight is 176 g/mol. The first-order valence-corrected chi connectivity index (χ1v) is 4.12. The Morgan fingerprint density at radius 2 is 2.42 bits per heavy atom. The van der Waals surface area contributed by atoms with E-state index >= 15 is 0 Å².